The predicted octanol–water partition coefficient (Wildman–Crippen LogP) is 1.93. The van der Waals surface area contributed by atoms with Crippen LogP contribution >= 0.6 is 12.4 Å². The van der Waals surface area contributed by atoms with Crippen LogP contribution in [-0.4, -0.2) is 37.8 Å². The topological polar surface area (TPSA) is 107 Å². The number of halogens is 1. The Hall–Kier alpha value is -1.22. The Morgan fingerprint density at radius 1 is 1.36 bits per heavy atom. The summed E-state index contributed by atoms with van der Waals surface area (Å²) in [6, 6.07) is 3.82. The number of hydrogen-bond donors (Lipinski definition) is 1. The monoisotopic (exact) mass is 351 g/mol. The Kier molecular flexibility index (Phi) is 6.96. The molecule has 0 aliphatic heterocycles. The second-order valence-corrected chi connectivity index (χ2v) is 7.85. The van der Waals surface area contributed by atoms with Crippen LogP contribution in [0.15, 0.2) is 23.1 Å². The van der Waals surface area contributed by atoms with Gasteiger partial charge in [0, 0.05) is 25.7 Å². The molecule has 0 saturated carbocycles. The van der Waals surface area contributed by atoms with Crippen LogP contribution in [-0.2, 0) is 10.0 Å². The summed E-state index contributed by atoms with van der Waals surface area (Å²) in [7, 11) is -2.35. The summed E-state index contributed by atoms with van der Waals surface area (Å²) in [6.45, 7) is 5.89. The van der Waals surface area contributed by atoms with Crippen LogP contribution < -0.4 is 5.73 Å². The van der Waals surface area contributed by atoms with Crippen LogP contribution in [0.5, 0.6) is 0 Å². The molecule has 1 rings (SSSR count). The summed E-state index contributed by atoms with van der Waals surface area (Å²) in [6.07, 6.45) is 0. The fraction of sp³-hybridized carbons (Fsp3) is 0.538. The number of nitro groups is 1. The maximum absolute atomic E-state index is 12.6. The van der Waals surface area contributed by atoms with Gasteiger partial charge in [-0.15, -0.1) is 12.4 Å². The van der Waals surface area contributed by atoms with Crippen LogP contribution in [0, 0.1) is 22.5 Å². The molecule has 9 heteroatoms. The van der Waals surface area contributed by atoms with Crippen LogP contribution in [0.1, 0.15) is 19.4 Å². The van der Waals surface area contributed by atoms with Crippen LogP contribution in [0.2, 0.25) is 0 Å². The third-order valence-corrected chi connectivity index (χ3v) is 5.22. The summed E-state index contributed by atoms with van der Waals surface area (Å²) in [5, 5.41) is 10.8. The molecule has 2 N–H and O–H groups in total. The number of sulfonamides is 1. The molecule has 0 aliphatic carbocycles. The smallest absolute Gasteiger partial charge is 0.270 e. The fourth-order valence-electron chi connectivity index (χ4n) is 1.90. The van der Waals surface area contributed by atoms with E-state index in [4.69, 9.17) is 5.73 Å². The van der Waals surface area contributed by atoms with E-state index < -0.39 is 14.9 Å². The van der Waals surface area contributed by atoms with E-state index in [9.17, 15) is 18.5 Å². The molecule has 0 saturated heterocycles. The molecule has 7 nitrogen and oxygen atoms in total. The Bertz CT molecular complexity index is 647. The van der Waals surface area contributed by atoms with Gasteiger partial charge in [0.25, 0.3) is 5.69 Å². The third kappa shape index (κ3) is 4.64. The first-order chi connectivity index (χ1) is 9.51. The standard InChI is InChI=1S/C13H21N3O4S.ClH/c1-10-5-6-11(16(17)18)7-12(10)21(19,20)15(4)9-13(2,3)8-14;/h5-7H,8-9,14H2,1-4H3;1H. The normalized spacial score (nSPS) is 12.1. The highest BCUT2D eigenvalue weighted by atomic mass is 35.5. The van der Waals surface area contributed by atoms with Crippen LogP contribution in [0.4, 0.5) is 5.69 Å². The Morgan fingerprint density at radius 3 is 2.36 bits per heavy atom. The van der Waals surface area contributed by atoms with Crippen molar-refractivity contribution in [2.75, 3.05) is 20.1 Å². The molecule has 1 aromatic carbocycles. The minimum atomic E-state index is -3.80. The zero-order valence-electron chi connectivity index (χ0n) is 13.1. The molecule has 0 radical (unpaired) electrons. The van der Waals surface area contributed by atoms with Crippen molar-refractivity contribution in [3.63, 3.8) is 0 Å². The Balaban J connectivity index is 0.00000441. The summed E-state index contributed by atoms with van der Waals surface area (Å²) in [4.78, 5) is 10.2. The zero-order chi connectivity index (χ0) is 16.4. The molecular formula is C13H22ClN3O4S. The van der Waals surface area contributed by atoms with E-state index in [0.29, 0.717) is 12.1 Å². The van der Waals surface area contributed by atoms with Gasteiger partial charge in [0.15, 0.2) is 0 Å². The number of benzene rings is 1. The van der Waals surface area contributed by atoms with Gasteiger partial charge in [-0.25, -0.2) is 12.7 Å². The Labute approximate surface area is 137 Å². The number of nitrogens with two attached hydrogens (primary N) is 1. The summed E-state index contributed by atoms with van der Waals surface area (Å²) < 4.78 is 26.4. The summed E-state index contributed by atoms with van der Waals surface area (Å²) in [5.41, 5.74) is 5.47. The van der Waals surface area contributed by atoms with Crippen molar-refractivity contribution in [3.8, 4) is 0 Å². The first-order valence-corrected chi connectivity index (χ1v) is 7.87. The highest BCUT2D eigenvalue weighted by Crippen LogP contribution is 2.26. The van der Waals surface area contributed by atoms with Crippen molar-refractivity contribution in [3.05, 3.63) is 33.9 Å². The summed E-state index contributed by atoms with van der Waals surface area (Å²) >= 11 is 0. The van der Waals surface area contributed by atoms with Gasteiger partial charge >= 0.3 is 0 Å². The quantitative estimate of drug-likeness (QED) is 0.622. The molecule has 0 aliphatic rings. The largest absolute Gasteiger partial charge is 0.330 e. The second kappa shape index (κ2) is 7.36. The minimum Gasteiger partial charge on any atom is -0.330 e. The first-order valence-electron chi connectivity index (χ1n) is 6.43. The molecule has 0 amide bonds. The average molecular weight is 352 g/mol. The van der Waals surface area contributed by atoms with E-state index in [1.807, 2.05) is 13.8 Å². The van der Waals surface area contributed by atoms with E-state index in [2.05, 4.69) is 0 Å². The van der Waals surface area contributed by atoms with Gasteiger partial charge in [0.1, 0.15) is 0 Å². The molecule has 22 heavy (non-hydrogen) atoms. The van der Waals surface area contributed by atoms with Crippen molar-refractivity contribution in [2.45, 2.75) is 25.7 Å². The van der Waals surface area contributed by atoms with E-state index >= 15 is 0 Å². The summed E-state index contributed by atoms with van der Waals surface area (Å²) in [5.74, 6) is 0. The fourth-order valence-corrected chi connectivity index (χ4v) is 3.50. The molecule has 0 aromatic heterocycles. The van der Waals surface area contributed by atoms with Gasteiger partial charge in [-0.05, 0) is 24.4 Å². The van der Waals surface area contributed by atoms with Crippen LogP contribution in [0.3, 0.4) is 0 Å². The predicted molar refractivity (Wildman–Crippen MR) is 87.7 cm³/mol. The van der Waals surface area contributed by atoms with E-state index in [0.717, 1.165) is 6.07 Å². The highest BCUT2D eigenvalue weighted by molar-refractivity contribution is 7.89. The van der Waals surface area contributed by atoms with Crippen molar-refractivity contribution < 1.29 is 13.3 Å². The lowest BCUT2D eigenvalue weighted by atomic mass is 9.94. The Morgan fingerprint density at radius 2 is 1.91 bits per heavy atom. The average Bonchev–Trinajstić information content (AvgIpc) is 2.38. The number of nitrogens with zero attached hydrogens (tertiary/aromatic N) is 2. The molecule has 1 aromatic rings. The molecule has 0 spiro atoms. The van der Waals surface area contributed by atoms with E-state index in [1.54, 1.807) is 6.92 Å². The second-order valence-electron chi connectivity index (χ2n) is 5.84. The molecule has 0 atom stereocenters. The molecule has 0 fully saturated rings. The number of non-ortho nitro benzene ring substituents is 1. The van der Waals surface area contributed by atoms with E-state index in [-0.39, 0.29) is 34.9 Å². The van der Waals surface area contributed by atoms with Gasteiger partial charge in [-0.1, -0.05) is 19.9 Å². The van der Waals surface area contributed by atoms with Gasteiger partial charge in [-0.2, -0.15) is 0 Å². The van der Waals surface area contributed by atoms with Gasteiger partial charge in [-0.3, -0.25) is 10.1 Å². The minimum absolute atomic E-state index is 0. The van der Waals surface area contributed by atoms with E-state index in [1.165, 1.54) is 23.5 Å². The lowest BCUT2D eigenvalue weighted by Gasteiger charge is -2.28. The lowest BCUT2D eigenvalue weighted by molar-refractivity contribution is -0.385. The molecule has 126 valence electrons. The highest BCUT2D eigenvalue weighted by Gasteiger charge is 2.29. The van der Waals surface area contributed by atoms with Crippen molar-refractivity contribution in [1.29, 1.82) is 0 Å². The van der Waals surface area contributed by atoms with Crippen molar-refractivity contribution in [1.82, 2.24) is 4.31 Å². The zero-order valence-corrected chi connectivity index (χ0v) is 14.7. The molecule has 0 heterocycles. The molecule has 0 bridgehead atoms. The first kappa shape index (κ1) is 20.8. The maximum Gasteiger partial charge on any atom is 0.270 e. The van der Waals surface area contributed by atoms with Crippen LogP contribution in [0.25, 0.3) is 0 Å². The number of nitro benzene ring substituents is 1. The van der Waals surface area contributed by atoms with Crippen molar-refractivity contribution >= 4 is 28.1 Å². The van der Waals surface area contributed by atoms with Gasteiger partial charge in [0.05, 0.1) is 9.82 Å². The lowest BCUT2D eigenvalue weighted by Crippen LogP contribution is -2.39. The maximum atomic E-state index is 12.6. The van der Waals surface area contributed by atoms with Crippen molar-refractivity contribution in [2.24, 2.45) is 11.1 Å². The number of rotatable bonds is 6. The van der Waals surface area contributed by atoms with Gasteiger partial charge in [0.2, 0.25) is 10.0 Å². The van der Waals surface area contributed by atoms with Gasteiger partial charge < -0.3 is 5.73 Å². The SMILES string of the molecule is Cc1ccc([N+](=O)[O-])cc1S(=O)(=O)N(C)CC(C)(C)CN.Cl. The number of hydrogen-bond acceptors (Lipinski definition) is 5. The number of aryl methyl sites for hydroxylation is 1. The third-order valence-electron chi connectivity index (χ3n) is 3.27. The molecule has 0 unspecified atom stereocenters. The molecular weight excluding hydrogens is 330 g/mol.